The third-order valence-electron chi connectivity index (χ3n) is 5.43. The second-order valence-electron chi connectivity index (χ2n) is 7.74. The Balaban J connectivity index is 2.37. The molecule has 0 aliphatic carbocycles. The van der Waals surface area contributed by atoms with Crippen molar-refractivity contribution in [3.63, 3.8) is 0 Å². The molecule has 0 aromatic heterocycles. The molecule has 4 rings (SSSR count). The Labute approximate surface area is 202 Å². The van der Waals surface area contributed by atoms with E-state index in [-0.39, 0.29) is 16.7 Å². The Kier molecular flexibility index (Phi) is 6.84. The Morgan fingerprint density at radius 1 is 0.500 bits per heavy atom. The average molecular weight is 502 g/mol. The van der Waals surface area contributed by atoms with Gasteiger partial charge in [-0.2, -0.15) is 26.3 Å². The first-order valence-electron chi connectivity index (χ1n) is 10.6. The summed E-state index contributed by atoms with van der Waals surface area (Å²) in [5.74, 6) is -0.957. The van der Waals surface area contributed by atoms with E-state index in [1.165, 1.54) is 78.9 Å². The molecule has 2 N–H and O–H groups in total. The molecule has 0 atom stereocenters. The Bertz CT molecular complexity index is 1260. The highest BCUT2D eigenvalue weighted by Gasteiger charge is 2.48. The zero-order valence-electron chi connectivity index (χ0n) is 18.3. The van der Waals surface area contributed by atoms with Crippen LogP contribution in [0.2, 0.25) is 0 Å². The molecule has 0 spiro atoms. The van der Waals surface area contributed by atoms with Crippen molar-refractivity contribution < 1.29 is 41.0 Å². The van der Waals surface area contributed by atoms with E-state index in [0.29, 0.717) is 0 Å². The van der Waals surface area contributed by atoms with E-state index in [1.807, 2.05) is 0 Å². The fraction of sp³-hybridized carbons (Fsp3) is 0.0769. The summed E-state index contributed by atoms with van der Waals surface area (Å²) in [4.78, 5) is 0. The molecule has 0 bridgehead atoms. The zero-order valence-corrected chi connectivity index (χ0v) is 18.3. The van der Waals surface area contributed by atoms with Gasteiger partial charge >= 0.3 is 19.7 Å². The molecular formula is C26H17BF6O3. The van der Waals surface area contributed by atoms with Crippen LogP contribution in [0.3, 0.4) is 0 Å². The van der Waals surface area contributed by atoms with Crippen molar-refractivity contribution in [2.75, 3.05) is 0 Å². The van der Waals surface area contributed by atoms with Crippen molar-refractivity contribution in [1.82, 2.24) is 0 Å². The maximum atomic E-state index is 14.8. The number of alkyl halides is 6. The van der Waals surface area contributed by atoms with Gasteiger partial charge in [0.2, 0.25) is 0 Å². The van der Waals surface area contributed by atoms with Crippen LogP contribution in [0.4, 0.5) is 26.3 Å². The predicted molar refractivity (Wildman–Crippen MR) is 124 cm³/mol. The van der Waals surface area contributed by atoms with Crippen LogP contribution in [0.5, 0.6) is 5.75 Å². The molecule has 0 saturated carbocycles. The Hall–Kier alpha value is -3.76. The lowest BCUT2D eigenvalue weighted by Crippen LogP contribution is -2.25. The SMILES string of the molecule is OB(O)Oc1c(-c2ccccc2)c(C(F)(F)F)c(-c2ccccc2)c(C(F)(F)F)c1-c1ccccc1. The van der Waals surface area contributed by atoms with E-state index < -0.39 is 53.2 Å². The van der Waals surface area contributed by atoms with Crippen molar-refractivity contribution >= 4 is 7.32 Å². The summed E-state index contributed by atoms with van der Waals surface area (Å²) in [7, 11) is -2.69. The average Bonchev–Trinajstić information content (AvgIpc) is 2.83. The molecule has 4 aromatic carbocycles. The van der Waals surface area contributed by atoms with Crippen LogP contribution in [0.15, 0.2) is 91.0 Å². The van der Waals surface area contributed by atoms with Gasteiger partial charge in [-0.1, -0.05) is 91.0 Å². The summed E-state index contributed by atoms with van der Waals surface area (Å²) >= 11 is 0. The van der Waals surface area contributed by atoms with E-state index in [1.54, 1.807) is 0 Å². The second-order valence-corrected chi connectivity index (χ2v) is 7.74. The van der Waals surface area contributed by atoms with Gasteiger partial charge in [0.25, 0.3) is 0 Å². The van der Waals surface area contributed by atoms with Crippen LogP contribution in [0.1, 0.15) is 11.1 Å². The highest BCUT2D eigenvalue weighted by Crippen LogP contribution is 2.57. The molecule has 36 heavy (non-hydrogen) atoms. The maximum Gasteiger partial charge on any atom is 0.707 e. The Morgan fingerprint density at radius 2 is 0.806 bits per heavy atom. The standard InChI is InChI=1S/C26H17BF6O3/c28-25(29,30)22-19(16-10-4-1-5-11-16)23(26(31,32)33)21(18-14-8-3-9-15-18)24(36-27(34)35)20(22)17-12-6-2-7-13-17/h1-15,34-35H. The third kappa shape index (κ3) is 4.96. The van der Waals surface area contributed by atoms with Crippen molar-refractivity contribution in [2.45, 2.75) is 12.4 Å². The highest BCUT2D eigenvalue weighted by atomic mass is 19.4. The number of halogens is 6. The minimum atomic E-state index is -5.29. The zero-order chi connectivity index (χ0) is 26.1. The van der Waals surface area contributed by atoms with Crippen LogP contribution in [-0.4, -0.2) is 17.4 Å². The van der Waals surface area contributed by atoms with Crippen LogP contribution >= 0.6 is 0 Å². The van der Waals surface area contributed by atoms with E-state index in [2.05, 4.69) is 0 Å². The molecule has 0 unspecified atom stereocenters. The van der Waals surface area contributed by atoms with Crippen molar-refractivity contribution in [1.29, 1.82) is 0 Å². The van der Waals surface area contributed by atoms with Gasteiger partial charge in [-0.15, -0.1) is 0 Å². The van der Waals surface area contributed by atoms with Crippen LogP contribution in [0, 0.1) is 0 Å². The lowest BCUT2D eigenvalue weighted by molar-refractivity contribution is -0.141. The van der Waals surface area contributed by atoms with E-state index in [9.17, 15) is 36.4 Å². The monoisotopic (exact) mass is 502 g/mol. The Morgan fingerprint density at radius 3 is 1.08 bits per heavy atom. The number of rotatable bonds is 5. The molecule has 0 heterocycles. The quantitative estimate of drug-likeness (QED) is 0.227. The van der Waals surface area contributed by atoms with E-state index in [0.717, 1.165) is 12.1 Å². The fourth-order valence-electron chi connectivity index (χ4n) is 4.17. The molecule has 0 aliphatic rings. The molecule has 10 heteroatoms. The number of hydrogen-bond acceptors (Lipinski definition) is 3. The summed E-state index contributed by atoms with van der Waals surface area (Å²) in [6, 6.07) is 20.3. The van der Waals surface area contributed by atoms with Gasteiger partial charge in [-0.05, 0) is 16.7 Å². The normalized spacial score (nSPS) is 11.9. The van der Waals surface area contributed by atoms with Crippen molar-refractivity contribution in [2.24, 2.45) is 0 Å². The molecule has 3 nitrogen and oxygen atoms in total. The highest BCUT2D eigenvalue weighted by molar-refractivity contribution is 6.34. The van der Waals surface area contributed by atoms with Gasteiger partial charge in [0, 0.05) is 16.7 Å². The first-order chi connectivity index (χ1) is 17.0. The lowest BCUT2D eigenvalue weighted by Gasteiger charge is -2.29. The van der Waals surface area contributed by atoms with Gasteiger partial charge in [0.05, 0.1) is 11.1 Å². The van der Waals surface area contributed by atoms with Crippen molar-refractivity contribution in [3.8, 4) is 39.1 Å². The molecule has 0 radical (unpaired) electrons. The summed E-state index contributed by atoms with van der Waals surface area (Å²) in [5.41, 5.74) is -6.36. The fourth-order valence-corrected chi connectivity index (χ4v) is 4.17. The van der Waals surface area contributed by atoms with Crippen molar-refractivity contribution in [3.05, 3.63) is 102 Å². The summed E-state index contributed by atoms with van der Waals surface area (Å²) in [6.45, 7) is 0. The number of hydrogen-bond donors (Lipinski definition) is 2. The molecule has 0 fully saturated rings. The van der Waals surface area contributed by atoms with Gasteiger partial charge < -0.3 is 14.7 Å². The number of benzene rings is 4. The maximum absolute atomic E-state index is 14.8. The van der Waals surface area contributed by atoms with Gasteiger partial charge in [-0.25, -0.2) is 0 Å². The smallest absolute Gasteiger partial charge is 0.511 e. The molecule has 0 aliphatic heterocycles. The minimum Gasteiger partial charge on any atom is -0.511 e. The topological polar surface area (TPSA) is 49.7 Å². The van der Waals surface area contributed by atoms with Gasteiger partial charge in [-0.3, -0.25) is 0 Å². The summed E-state index contributed by atoms with van der Waals surface area (Å²) < 4.78 is 93.5. The van der Waals surface area contributed by atoms with Crippen LogP contribution in [0.25, 0.3) is 33.4 Å². The third-order valence-corrected chi connectivity index (χ3v) is 5.43. The molecular weight excluding hydrogens is 485 g/mol. The largest absolute Gasteiger partial charge is 0.707 e. The first kappa shape index (κ1) is 25.3. The first-order valence-corrected chi connectivity index (χ1v) is 10.6. The predicted octanol–water partition coefficient (Wildman–Crippen LogP) is 7.07. The molecule has 0 saturated heterocycles. The molecule has 0 amide bonds. The summed E-state index contributed by atoms with van der Waals surface area (Å²) in [6.07, 6.45) is -10.6. The second kappa shape index (κ2) is 9.71. The van der Waals surface area contributed by atoms with E-state index >= 15 is 0 Å². The molecule has 184 valence electrons. The van der Waals surface area contributed by atoms with Crippen LogP contribution in [-0.2, 0) is 12.4 Å². The van der Waals surface area contributed by atoms with Gasteiger partial charge in [0.15, 0.2) is 0 Å². The van der Waals surface area contributed by atoms with Crippen LogP contribution < -0.4 is 4.65 Å². The minimum absolute atomic E-state index is 0.122. The lowest BCUT2D eigenvalue weighted by atomic mass is 9.81. The van der Waals surface area contributed by atoms with Gasteiger partial charge in [0.1, 0.15) is 5.75 Å². The summed E-state index contributed by atoms with van der Waals surface area (Å²) in [5, 5.41) is 19.2. The van der Waals surface area contributed by atoms with E-state index in [4.69, 9.17) is 4.65 Å². The molecule has 4 aromatic rings.